The molecule has 1 N–H and O–H groups in total. The fraction of sp³-hybridized carbons (Fsp3) is 0.812. The summed E-state index contributed by atoms with van der Waals surface area (Å²) in [7, 11) is 0. The summed E-state index contributed by atoms with van der Waals surface area (Å²) in [4.78, 5) is 14.3. The quantitative estimate of drug-likeness (QED) is 0.794. The van der Waals surface area contributed by atoms with Gasteiger partial charge in [-0.2, -0.15) is 0 Å². The highest BCUT2D eigenvalue weighted by Crippen LogP contribution is 2.35. The number of rotatable bonds is 4. The van der Waals surface area contributed by atoms with Crippen LogP contribution in [0.15, 0.2) is 12.2 Å². The third-order valence-electron chi connectivity index (χ3n) is 4.54. The summed E-state index contributed by atoms with van der Waals surface area (Å²) in [6.07, 6.45) is 10.5. The van der Waals surface area contributed by atoms with Gasteiger partial charge in [-0.25, -0.2) is 0 Å². The lowest BCUT2D eigenvalue weighted by Crippen LogP contribution is -2.53. The molecule has 0 aromatic rings. The van der Waals surface area contributed by atoms with E-state index in [1.54, 1.807) is 0 Å². The maximum atomic E-state index is 12.2. The second-order valence-electron chi connectivity index (χ2n) is 6.22. The SMILES string of the molecule is CC[C@H](O)/C=C/CC1CC(C)CC2CCCC(=O)N12. The summed E-state index contributed by atoms with van der Waals surface area (Å²) in [5, 5.41) is 9.56. The molecule has 108 valence electrons. The summed E-state index contributed by atoms with van der Waals surface area (Å²) in [5.41, 5.74) is 0. The molecule has 3 unspecified atom stereocenters. The Balaban J connectivity index is 1.99. The molecule has 2 saturated heterocycles. The molecule has 2 aliphatic rings. The van der Waals surface area contributed by atoms with Crippen LogP contribution in [0.2, 0.25) is 0 Å². The Morgan fingerprint density at radius 3 is 3.00 bits per heavy atom. The highest BCUT2D eigenvalue weighted by atomic mass is 16.3. The normalized spacial score (nSPS) is 33.5. The Hall–Kier alpha value is -0.830. The molecule has 4 atom stereocenters. The fourth-order valence-electron chi connectivity index (χ4n) is 3.57. The van der Waals surface area contributed by atoms with Gasteiger partial charge in [0, 0.05) is 18.5 Å². The number of hydrogen-bond donors (Lipinski definition) is 1. The Morgan fingerprint density at radius 1 is 1.47 bits per heavy atom. The van der Waals surface area contributed by atoms with Gasteiger partial charge in [-0.05, 0) is 44.4 Å². The van der Waals surface area contributed by atoms with Crippen molar-refractivity contribution in [2.45, 2.75) is 77.0 Å². The molecule has 0 saturated carbocycles. The summed E-state index contributed by atoms with van der Waals surface area (Å²) in [6.45, 7) is 4.27. The number of hydrogen-bond acceptors (Lipinski definition) is 2. The van der Waals surface area contributed by atoms with Crippen molar-refractivity contribution in [1.29, 1.82) is 0 Å². The van der Waals surface area contributed by atoms with E-state index in [9.17, 15) is 9.90 Å². The Kier molecular flexibility index (Phi) is 5.03. The number of aliphatic hydroxyl groups is 1. The minimum absolute atomic E-state index is 0.339. The average molecular weight is 265 g/mol. The minimum atomic E-state index is -0.339. The summed E-state index contributed by atoms with van der Waals surface area (Å²) in [5.74, 6) is 1.05. The van der Waals surface area contributed by atoms with E-state index < -0.39 is 0 Å². The van der Waals surface area contributed by atoms with Crippen LogP contribution in [0.4, 0.5) is 0 Å². The third-order valence-corrected chi connectivity index (χ3v) is 4.54. The van der Waals surface area contributed by atoms with Crippen LogP contribution < -0.4 is 0 Å². The zero-order valence-corrected chi connectivity index (χ0v) is 12.2. The Labute approximate surface area is 116 Å². The first-order valence-electron chi connectivity index (χ1n) is 7.77. The number of piperidine rings is 2. The number of nitrogens with zero attached hydrogens (tertiary/aromatic N) is 1. The monoisotopic (exact) mass is 265 g/mol. The van der Waals surface area contributed by atoms with Crippen molar-refractivity contribution in [3.8, 4) is 0 Å². The first-order chi connectivity index (χ1) is 9.11. The number of carbonyl (C=O) groups excluding carboxylic acids is 1. The van der Waals surface area contributed by atoms with E-state index in [2.05, 4.69) is 17.9 Å². The first-order valence-corrected chi connectivity index (χ1v) is 7.77. The van der Waals surface area contributed by atoms with Crippen LogP contribution in [-0.2, 0) is 4.79 Å². The Morgan fingerprint density at radius 2 is 2.26 bits per heavy atom. The lowest BCUT2D eigenvalue weighted by atomic mass is 9.81. The summed E-state index contributed by atoms with van der Waals surface area (Å²) >= 11 is 0. The van der Waals surface area contributed by atoms with Gasteiger partial charge in [-0.1, -0.05) is 26.0 Å². The van der Waals surface area contributed by atoms with Gasteiger partial charge in [-0.3, -0.25) is 4.79 Å². The second kappa shape index (κ2) is 6.56. The highest BCUT2D eigenvalue weighted by Gasteiger charge is 2.38. The lowest BCUT2D eigenvalue weighted by Gasteiger charge is -2.47. The molecular weight excluding hydrogens is 238 g/mol. The highest BCUT2D eigenvalue weighted by molar-refractivity contribution is 5.77. The van der Waals surface area contributed by atoms with Crippen LogP contribution in [0.5, 0.6) is 0 Å². The smallest absolute Gasteiger partial charge is 0.223 e. The molecule has 0 bridgehead atoms. The van der Waals surface area contributed by atoms with Crippen molar-refractivity contribution < 1.29 is 9.90 Å². The lowest BCUT2D eigenvalue weighted by molar-refractivity contribution is -0.142. The van der Waals surface area contributed by atoms with Crippen molar-refractivity contribution in [2.24, 2.45) is 5.92 Å². The molecule has 19 heavy (non-hydrogen) atoms. The average Bonchev–Trinajstić information content (AvgIpc) is 2.38. The molecule has 0 radical (unpaired) electrons. The van der Waals surface area contributed by atoms with Crippen molar-refractivity contribution in [2.75, 3.05) is 0 Å². The zero-order valence-electron chi connectivity index (χ0n) is 12.2. The number of aliphatic hydroxyl groups excluding tert-OH is 1. The molecule has 0 spiro atoms. The van der Waals surface area contributed by atoms with E-state index >= 15 is 0 Å². The molecule has 3 nitrogen and oxygen atoms in total. The topological polar surface area (TPSA) is 40.5 Å². The number of fused-ring (bicyclic) bond motifs is 1. The molecule has 2 fully saturated rings. The van der Waals surface area contributed by atoms with E-state index in [1.165, 1.54) is 12.8 Å². The van der Waals surface area contributed by atoms with Crippen LogP contribution in [0.3, 0.4) is 0 Å². The van der Waals surface area contributed by atoms with Gasteiger partial charge in [0.05, 0.1) is 6.10 Å². The number of amides is 1. The predicted octanol–water partition coefficient (Wildman–Crippen LogP) is 2.88. The van der Waals surface area contributed by atoms with Crippen LogP contribution in [0.25, 0.3) is 0 Å². The van der Waals surface area contributed by atoms with E-state index in [-0.39, 0.29) is 6.10 Å². The maximum Gasteiger partial charge on any atom is 0.223 e. The second-order valence-corrected chi connectivity index (χ2v) is 6.22. The minimum Gasteiger partial charge on any atom is -0.389 e. The van der Waals surface area contributed by atoms with Gasteiger partial charge < -0.3 is 10.0 Å². The van der Waals surface area contributed by atoms with E-state index in [0.717, 1.165) is 32.1 Å². The molecule has 2 aliphatic heterocycles. The molecular formula is C16H27NO2. The van der Waals surface area contributed by atoms with Gasteiger partial charge in [-0.15, -0.1) is 0 Å². The molecule has 3 heteroatoms. The van der Waals surface area contributed by atoms with Crippen molar-refractivity contribution in [3.63, 3.8) is 0 Å². The summed E-state index contributed by atoms with van der Waals surface area (Å²) < 4.78 is 0. The van der Waals surface area contributed by atoms with Gasteiger partial charge in [0.15, 0.2) is 0 Å². The van der Waals surface area contributed by atoms with E-state index in [0.29, 0.717) is 23.9 Å². The molecule has 1 amide bonds. The first kappa shape index (κ1) is 14.6. The predicted molar refractivity (Wildman–Crippen MR) is 76.7 cm³/mol. The van der Waals surface area contributed by atoms with Crippen molar-refractivity contribution in [1.82, 2.24) is 4.90 Å². The van der Waals surface area contributed by atoms with Crippen LogP contribution in [0, 0.1) is 5.92 Å². The summed E-state index contributed by atoms with van der Waals surface area (Å²) in [6, 6.07) is 0.821. The van der Waals surface area contributed by atoms with Crippen molar-refractivity contribution >= 4 is 5.91 Å². The molecule has 2 heterocycles. The number of carbonyl (C=O) groups is 1. The molecule has 0 aromatic heterocycles. The maximum absolute atomic E-state index is 12.2. The molecule has 2 rings (SSSR count). The van der Waals surface area contributed by atoms with Gasteiger partial charge in [0.25, 0.3) is 0 Å². The third kappa shape index (κ3) is 3.59. The van der Waals surface area contributed by atoms with Gasteiger partial charge in [0.2, 0.25) is 5.91 Å². The Bertz CT molecular complexity index is 340. The zero-order chi connectivity index (χ0) is 13.8. The van der Waals surface area contributed by atoms with E-state index in [1.807, 2.05) is 13.0 Å². The van der Waals surface area contributed by atoms with Gasteiger partial charge in [0.1, 0.15) is 0 Å². The van der Waals surface area contributed by atoms with E-state index in [4.69, 9.17) is 0 Å². The molecule has 0 aliphatic carbocycles. The van der Waals surface area contributed by atoms with Crippen LogP contribution in [0.1, 0.15) is 58.8 Å². The standard InChI is InChI=1S/C16H27NO2/c1-3-15(18)8-4-6-13-10-12(2)11-14-7-5-9-16(19)17(13)14/h4,8,12-15,18H,3,5-7,9-11H2,1-2H3/b8-4+/t12?,13?,14?,15-/m0/s1. The molecule has 0 aromatic carbocycles. The fourth-order valence-corrected chi connectivity index (χ4v) is 3.57. The van der Waals surface area contributed by atoms with Crippen LogP contribution in [-0.4, -0.2) is 34.1 Å². The largest absolute Gasteiger partial charge is 0.389 e. The van der Waals surface area contributed by atoms with Crippen molar-refractivity contribution in [3.05, 3.63) is 12.2 Å². The van der Waals surface area contributed by atoms with Crippen LogP contribution >= 0.6 is 0 Å². The van der Waals surface area contributed by atoms with Gasteiger partial charge >= 0.3 is 0 Å².